The monoisotopic (exact) mass is 299 g/mol. The molecule has 0 unspecified atom stereocenters. The summed E-state index contributed by atoms with van der Waals surface area (Å²) < 4.78 is 18.6. The van der Waals surface area contributed by atoms with E-state index in [1.165, 1.54) is 12.1 Å². The molecule has 0 fully saturated rings. The number of pyridine rings is 1. The van der Waals surface area contributed by atoms with E-state index < -0.39 is 11.7 Å². The molecule has 0 bridgehead atoms. The van der Waals surface area contributed by atoms with Crippen LogP contribution in [0.4, 0.5) is 4.39 Å². The van der Waals surface area contributed by atoms with Gasteiger partial charge >= 0.3 is 0 Å². The second-order valence-corrected chi connectivity index (χ2v) is 4.46. The third kappa shape index (κ3) is 3.66. The average molecular weight is 300 g/mol. The molecule has 0 amide bonds. The molecule has 0 atom stereocenters. The number of hydrogen-bond donors (Lipinski definition) is 0. The molecule has 1 aromatic carbocycles. The number of hydrogen-bond acceptors (Lipinski definition) is 3. The number of carbonyl (C=O) groups is 1. The highest BCUT2D eigenvalue weighted by atomic mass is 35.5. The molecule has 98 valence electrons. The number of halogens is 3. The first-order valence-electron chi connectivity index (χ1n) is 5.30. The van der Waals surface area contributed by atoms with E-state index in [1.807, 2.05) is 0 Å². The lowest BCUT2D eigenvalue weighted by Gasteiger charge is -2.06. The van der Waals surface area contributed by atoms with Crippen LogP contribution in [0.25, 0.3) is 0 Å². The molecule has 2 rings (SSSR count). The number of Topliss-reactive ketones (excluding diaryl/α,β-unsaturated/α-hetero) is 1. The van der Waals surface area contributed by atoms with E-state index in [1.54, 1.807) is 24.3 Å². The molecule has 1 heterocycles. The number of ether oxygens (including phenoxy) is 1. The fourth-order valence-corrected chi connectivity index (χ4v) is 1.64. The van der Waals surface area contributed by atoms with Crippen LogP contribution in [0.3, 0.4) is 0 Å². The van der Waals surface area contributed by atoms with Crippen LogP contribution in [0.5, 0.6) is 5.75 Å². The number of benzene rings is 1. The SMILES string of the molecule is O=C(COc1ccc(Cl)cc1)c1ccc(Cl)nc1F. The molecule has 0 aliphatic carbocycles. The third-order valence-electron chi connectivity index (χ3n) is 2.30. The lowest BCUT2D eigenvalue weighted by molar-refractivity contribution is 0.0916. The quantitative estimate of drug-likeness (QED) is 0.637. The van der Waals surface area contributed by atoms with Crippen molar-refractivity contribution in [3.8, 4) is 5.75 Å². The average Bonchev–Trinajstić information content (AvgIpc) is 2.37. The lowest BCUT2D eigenvalue weighted by Crippen LogP contribution is -2.14. The highest BCUT2D eigenvalue weighted by Crippen LogP contribution is 2.16. The number of rotatable bonds is 4. The minimum Gasteiger partial charge on any atom is -0.485 e. The molecule has 19 heavy (non-hydrogen) atoms. The third-order valence-corrected chi connectivity index (χ3v) is 2.76. The summed E-state index contributed by atoms with van der Waals surface area (Å²) in [4.78, 5) is 15.1. The zero-order valence-corrected chi connectivity index (χ0v) is 11.1. The minimum atomic E-state index is -0.905. The molecule has 0 saturated heterocycles. The topological polar surface area (TPSA) is 39.2 Å². The first-order valence-corrected chi connectivity index (χ1v) is 6.05. The van der Waals surface area contributed by atoms with Crippen molar-refractivity contribution in [3.05, 3.63) is 58.1 Å². The summed E-state index contributed by atoms with van der Waals surface area (Å²) in [5.74, 6) is -0.950. The zero-order valence-electron chi connectivity index (χ0n) is 9.57. The van der Waals surface area contributed by atoms with Gasteiger partial charge in [0, 0.05) is 5.02 Å². The molecule has 0 radical (unpaired) electrons. The molecule has 0 aliphatic heterocycles. The van der Waals surface area contributed by atoms with E-state index in [4.69, 9.17) is 27.9 Å². The first-order chi connectivity index (χ1) is 9.06. The van der Waals surface area contributed by atoms with Gasteiger partial charge in [0.1, 0.15) is 10.9 Å². The van der Waals surface area contributed by atoms with Crippen LogP contribution in [-0.4, -0.2) is 17.4 Å². The van der Waals surface area contributed by atoms with Crippen LogP contribution >= 0.6 is 23.2 Å². The second-order valence-electron chi connectivity index (χ2n) is 3.64. The Morgan fingerprint density at radius 1 is 1.16 bits per heavy atom. The molecule has 1 aromatic heterocycles. The standard InChI is InChI=1S/C13H8Cl2FNO2/c14-8-1-3-9(4-2-8)19-7-11(18)10-5-6-12(15)17-13(10)16/h1-6H,7H2. The van der Waals surface area contributed by atoms with Crippen molar-refractivity contribution >= 4 is 29.0 Å². The smallest absolute Gasteiger partial charge is 0.225 e. The number of ketones is 1. The Labute approximate surface area is 118 Å². The number of carbonyl (C=O) groups excluding carboxylic acids is 1. The van der Waals surface area contributed by atoms with Gasteiger partial charge in [-0.3, -0.25) is 4.79 Å². The van der Waals surface area contributed by atoms with Crippen molar-refractivity contribution in [1.82, 2.24) is 4.98 Å². The van der Waals surface area contributed by atoms with Crippen LogP contribution in [0.15, 0.2) is 36.4 Å². The van der Waals surface area contributed by atoms with Gasteiger partial charge in [-0.2, -0.15) is 4.39 Å². The van der Waals surface area contributed by atoms with Gasteiger partial charge in [0.15, 0.2) is 6.61 Å². The highest BCUT2D eigenvalue weighted by molar-refractivity contribution is 6.30. The maximum absolute atomic E-state index is 13.4. The van der Waals surface area contributed by atoms with E-state index in [0.717, 1.165) is 0 Å². The number of nitrogens with zero attached hydrogens (tertiary/aromatic N) is 1. The van der Waals surface area contributed by atoms with Gasteiger partial charge in [0.05, 0.1) is 5.56 Å². The molecule has 0 saturated carbocycles. The summed E-state index contributed by atoms with van der Waals surface area (Å²) in [7, 11) is 0. The Morgan fingerprint density at radius 3 is 2.47 bits per heavy atom. The highest BCUT2D eigenvalue weighted by Gasteiger charge is 2.14. The Bertz CT molecular complexity index is 602. The summed E-state index contributed by atoms with van der Waals surface area (Å²) >= 11 is 11.2. The van der Waals surface area contributed by atoms with Gasteiger partial charge in [-0.05, 0) is 36.4 Å². The van der Waals surface area contributed by atoms with E-state index in [2.05, 4.69) is 4.98 Å². The van der Waals surface area contributed by atoms with Crippen molar-refractivity contribution in [2.24, 2.45) is 0 Å². The predicted molar refractivity (Wildman–Crippen MR) is 70.5 cm³/mol. The van der Waals surface area contributed by atoms with Gasteiger partial charge in [0.25, 0.3) is 0 Å². The summed E-state index contributed by atoms with van der Waals surface area (Å²) in [6.45, 7) is -0.290. The van der Waals surface area contributed by atoms with Gasteiger partial charge in [0.2, 0.25) is 11.7 Å². The van der Waals surface area contributed by atoms with Crippen molar-refractivity contribution in [3.63, 3.8) is 0 Å². The van der Waals surface area contributed by atoms with Crippen LogP contribution in [0, 0.1) is 5.95 Å². The number of aromatic nitrogens is 1. The summed E-state index contributed by atoms with van der Waals surface area (Å²) in [5, 5.41) is 0.555. The summed E-state index contributed by atoms with van der Waals surface area (Å²) in [6.07, 6.45) is 0. The molecule has 0 aliphatic rings. The minimum absolute atomic E-state index is 0.00679. The van der Waals surface area contributed by atoms with Crippen LogP contribution in [0.2, 0.25) is 10.2 Å². The van der Waals surface area contributed by atoms with Crippen molar-refractivity contribution in [1.29, 1.82) is 0 Å². The second kappa shape index (κ2) is 5.99. The normalized spacial score (nSPS) is 10.3. The maximum atomic E-state index is 13.4. The molecular formula is C13H8Cl2FNO2. The Hall–Kier alpha value is -1.65. The van der Waals surface area contributed by atoms with Crippen LogP contribution in [-0.2, 0) is 0 Å². The summed E-state index contributed by atoms with van der Waals surface area (Å²) in [6, 6.07) is 9.12. The van der Waals surface area contributed by atoms with E-state index >= 15 is 0 Å². The molecule has 0 spiro atoms. The van der Waals surface area contributed by atoms with E-state index in [0.29, 0.717) is 10.8 Å². The van der Waals surface area contributed by atoms with Gasteiger partial charge in [-0.1, -0.05) is 23.2 Å². The van der Waals surface area contributed by atoms with Crippen molar-refractivity contribution in [2.75, 3.05) is 6.61 Å². The van der Waals surface area contributed by atoms with Crippen molar-refractivity contribution in [2.45, 2.75) is 0 Å². The Morgan fingerprint density at radius 2 is 1.84 bits per heavy atom. The van der Waals surface area contributed by atoms with Gasteiger partial charge in [-0.15, -0.1) is 0 Å². The van der Waals surface area contributed by atoms with Crippen molar-refractivity contribution < 1.29 is 13.9 Å². The molecule has 6 heteroatoms. The fourth-order valence-electron chi connectivity index (χ4n) is 1.38. The molecule has 2 aromatic rings. The van der Waals surface area contributed by atoms with Gasteiger partial charge in [-0.25, -0.2) is 4.98 Å². The Balaban J connectivity index is 2.03. The molecule has 0 N–H and O–H groups in total. The fraction of sp³-hybridized carbons (Fsp3) is 0.0769. The Kier molecular flexibility index (Phi) is 4.35. The molecule has 3 nitrogen and oxygen atoms in total. The largest absolute Gasteiger partial charge is 0.485 e. The maximum Gasteiger partial charge on any atom is 0.225 e. The van der Waals surface area contributed by atoms with E-state index in [-0.39, 0.29) is 17.3 Å². The molecular weight excluding hydrogens is 292 g/mol. The lowest BCUT2D eigenvalue weighted by atomic mass is 10.2. The van der Waals surface area contributed by atoms with E-state index in [9.17, 15) is 9.18 Å². The first kappa shape index (κ1) is 13.8. The van der Waals surface area contributed by atoms with Crippen LogP contribution in [0.1, 0.15) is 10.4 Å². The predicted octanol–water partition coefficient (Wildman–Crippen LogP) is 3.79. The van der Waals surface area contributed by atoms with Crippen LogP contribution < -0.4 is 4.74 Å². The van der Waals surface area contributed by atoms with Gasteiger partial charge < -0.3 is 4.74 Å². The summed E-state index contributed by atoms with van der Waals surface area (Å²) in [5.41, 5.74) is -0.154. The zero-order chi connectivity index (χ0) is 13.8.